The summed E-state index contributed by atoms with van der Waals surface area (Å²) in [4.78, 5) is 39.2. The van der Waals surface area contributed by atoms with Crippen LogP contribution in [0.25, 0.3) is 0 Å². The number of anilines is 1. The van der Waals surface area contributed by atoms with Crippen LogP contribution in [0.15, 0.2) is 17.5 Å². The van der Waals surface area contributed by atoms with Gasteiger partial charge in [-0.1, -0.05) is 6.07 Å². The highest BCUT2D eigenvalue weighted by atomic mass is 32.1. The minimum atomic E-state index is -0.546. The Labute approximate surface area is 147 Å². The van der Waals surface area contributed by atoms with Gasteiger partial charge in [-0.3, -0.25) is 14.4 Å². The first-order chi connectivity index (χ1) is 11.5. The summed E-state index contributed by atoms with van der Waals surface area (Å²) in [5, 5.41) is 5.21. The van der Waals surface area contributed by atoms with E-state index < -0.39 is 5.91 Å². The topological polar surface area (TPSA) is 92.5 Å². The second-order valence-corrected chi connectivity index (χ2v) is 7.70. The van der Waals surface area contributed by atoms with Gasteiger partial charge in [0.1, 0.15) is 5.00 Å². The third-order valence-corrected chi connectivity index (χ3v) is 5.93. The van der Waals surface area contributed by atoms with E-state index in [2.05, 4.69) is 5.32 Å². The van der Waals surface area contributed by atoms with E-state index in [0.717, 1.165) is 15.3 Å². The molecular weight excluding hydrogens is 346 g/mol. The number of amides is 3. The Kier molecular flexibility index (Phi) is 4.68. The van der Waals surface area contributed by atoms with Crippen LogP contribution in [0.1, 0.15) is 32.6 Å². The fourth-order valence-electron chi connectivity index (χ4n) is 2.76. The Bertz CT molecular complexity index is 796. The molecule has 3 N–H and O–H groups in total. The van der Waals surface area contributed by atoms with Crippen molar-refractivity contribution in [1.82, 2.24) is 4.90 Å². The largest absolute Gasteiger partial charge is 0.365 e. The summed E-state index contributed by atoms with van der Waals surface area (Å²) in [6.07, 6.45) is 0.836. The van der Waals surface area contributed by atoms with Gasteiger partial charge in [0.15, 0.2) is 0 Å². The highest BCUT2D eigenvalue weighted by molar-refractivity contribution is 7.17. The monoisotopic (exact) mass is 363 g/mol. The van der Waals surface area contributed by atoms with Crippen LogP contribution in [0.5, 0.6) is 0 Å². The van der Waals surface area contributed by atoms with Gasteiger partial charge in [0.2, 0.25) is 11.8 Å². The van der Waals surface area contributed by atoms with Crippen LogP contribution >= 0.6 is 22.7 Å². The Morgan fingerprint density at radius 1 is 1.38 bits per heavy atom. The standard InChI is InChI=1S/C16H17N3O3S2/c1-9(20)19-5-4-11-12(8-19)24-16(14(11)15(17)22)18-13(21)7-10-3-2-6-23-10/h2-3,6H,4-5,7-8H2,1H3,(H2,17,22)(H,18,21). The average Bonchev–Trinajstić information content (AvgIpc) is 3.12. The summed E-state index contributed by atoms with van der Waals surface area (Å²) in [5.41, 5.74) is 6.77. The Morgan fingerprint density at radius 2 is 2.17 bits per heavy atom. The van der Waals surface area contributed by atoms with Gasteiger partial charge in [0.25, 0.3) is 5.91 Å². The highest BCUT2D eigenvalue weighted by Crippen LogP contribution is 2.37. The van der Waals surface area contributed by atoms with Gasteiger partial charge in [0.05, 0.1) is 18.5 Å². The first-order valence-electron chi connectivity index (χ1n) is 7.47. The third-order valence-electron chi connectivity index (χ3n) is 3.92. The number of nitrogens with zero attached hydrogens (tertiary/aromatic N) is 1. The van der Waals surface area contributed by atoms with Crippen molar-refractivity contribution in [3.05, 3.63) is 38.4 Å². The minimum absolute atomic E-state index is 0.00189. The molecule has 2 aromatic rings. The van der Waals surface area contributed by atoms with Crippen molar-refractivity contribution in [2.24, 2.45) is 5.73 Å². The van der Waals surface area contributed by atoms with E-state index in [1.54, 1.807) is 4.90 Å². The predicted octanol–water partition coefficient (Wildman–Crippen LogP) is 1.99. The van der Waals surface area contributed by atoms with Crippen LogP contribution in [0.2, 0.25) is 0 Å². The smallest absolute Gasteiger partial charge is 0.251 e. The van der Waals surface area contributed by atoms with E-state index in [0.29, 0.717) is 30.1 Å². The normalized spacial score (nSPS) is 13.5. The summed E-state index contributed by atoms with van der Waals surface area (Å²) in [7, 11) is 0. The number of nitrogens with two attached hydrogens (primary N) is 1. The van der Waals surface area contributed by atoms with Gasteiger partial charge in [-0.2, -0.15) is 0 Å². The zero-order chi connectivity index (χ0) is 17.3. The molecule has 3 heterocycles. The number of carbonyl (C=O) groups is 3. The second kappa shape index (κ2) is 6.74. The van der Waals surface area contributed by atoms with Gasteiger partial charge in [-0.05, 0) is 23.4 Å². The number of fused-ring (bicyclic) bond motifs is 1. The van der Waals surface area contributed by atoms with Crippen LogP contribution in [-0.4, -0.2) is 29.2 Å². The van der Waals surface area contributed by atoms with Crippen molar-refractivity contribution in [3.8, 4) is 0 Å². The van der Waals surface area contributed by atoms with Crippen LogP contribution < -0.4 is 11.1 Å². The quantitative estimate of drug-likeness (QED) is 0.870. The molecule has 0 aromatic carbocycles. The van der Waals surface area contributed by atoms with Crippen molar-refractivity contribution < 1.29 is 14.4 Å². The minimum Gasteiger partial charge on any atom is -0.365 e. The Morgan fingerprint density at radius 3 is 2.79 bits per heavy atom. The van der Waals surface area contributed by atoms with Crippen molar-refractivity contribution in [1.29, 1.82) is 0 Å². The number of nitrogens with one attached hydrogen (secondary N) is 1. The molecule has 8 heteroatoms. The van der Waals surface area contributed by atoms with E-state index in [-0.39, 0.29) is 18.2 Å². The Hall–Kier alpha value is -2.19. The molecular formula is C16H17N3O3S2. The van der Waals surface area contributed by atoms with Crippen LogP contribution in [-0.2, 0) is 29.0 Å². The molecule has 0 spiro atoms. The zero-order valence-electron chi connectivity index (χ0n) is 13.1. The number of hydrogen-bond acceptors (Lipinski definition) is 5. The first-order valence-corrected chi connectivity index (χ1v) is 9.17. The number of carbonyl (C=O) groups excluding carboxylic acids is 3. The summed E-state index contributed by atoms with van der Waals surface area (Å²) in [6, 6.07) is 3.78. The molecule has 126 valence electrons. The molecule has 0 fully saturated rings. The molecule has 0 saturated carbocycles. The molecule has 0 saturated heterocycles. The predicted molar refractivity (Wildman–Crippen MR) is 94.3 cm³/mol. The summed E-state index contributed by atoms with van der Waals surface area (Å²) < 4.78 is 0. The molecule has 24 heavy (non-hydrogen) atoms. The van der Waals surface area contributed by atoms with E-state index in [1.165, 1.54) is 29.6 Å². The van der Waals surface area contributed by atoms with E-state index in [4.69, 9.17) is 5.73 Å². The van der Waals surface area contributed by atoms with Crippen molar-refractivity contribution in [3.63, 3.8) is 0 Å². The number of primary amides is 1. The summed E-state index contributed by atoms with van der Waals surface area (Å²) in [5.74, 6) is -0.727. The molecule has 0 radical (unpaired) electrons. The molecule has 0 unspecified atom stereocenters. The maximum atomic E-state index is 12.2. The van der Waals surface area contributed by atoms with Gasteiger partial charge in [-0.15, -0.1) is 22.7 Å². The average molecular weight is 363 g/mol. The van der Waals surface area contributed by atoms with Gasteiger partial charge < -0.3 is 16.0 Å². The third kappa shape index (κ3) is 3.34. The SMILES string of the molecule is CC(=O)N1CCc2c(sc(NC(=O)Cc3cccs3)c2C(N)=O)C1. The molecule has 0 aliphatic carbocycles. The van der Waals surface area contributed by atoms with Crippen molar-refractivity contribution in [2.75, 3.05) is 11.9 Å². The number of rotatable bonds is 4. The molecule has 1 aliphatic rings. The maximum Gasteiger partial charge on any atom is 0.251 e. The molecule has 0 bridgehead atoms. The van der Waals surface area contributed by atoms with Crippen molar-refractivity contribution in [2.45, 2.75) is 26.3 Å². The fraction of sp³-hybridized carbons (Fsp3) is 0.312. The second-order valence-electron chi connectivity index (χ2n) is 5.57. The van der Waals surface area contributed by atoms with Gasteiger partial charge in [-0.25, -0.2) is 0 Å². The van der Waals surface area contributed by atoms with Crippen LogP contribution in [0, 0.1) is 0 Å². The lowest BCUT2D eigenvalue weighted by Crippen LogP contribution is -2.34. The van der Waals surface area contributed by atoms with E-state index >= 15 is 0 Å². The fourth-order valence-corrected chi connectivity index (χ4v) is 4.75. The van der Waals surface area contributed by atoms with Crippen LogP contribution in [0.4, 0.5) is 5.00 Å². The lowest BCUT2D eigenvalue weighted by atomic mass is 10.0. The number of hydrogen-bond donors (Lipinski definition) is 2. The zero-order valence-corrected chi connectivity index (χ0v) is 14.8. The molecule has 3 amide bonds. The molecule has 2 aromatic heterocycles. The Balaban J connectivity index is 1.84. The molecule has 0 atom stereocenters. The van der Waals surface area contributed by atoms with E-state index in [1.807, 2.05) is 17.5 Å². The highest BCUT2D eigenvalue weighted by Gasteiger charge is 2.28. The lowest BCUT2D eigenvalue weighted by Gasteiger charge is -2.25. The maximum absolute atomic E-state index is 12.2. The first kappa shape index (κ1) is 16.7. The molecule has 6 nitrogen and oxygen atoms in total. The summed E-state index contributed by atoms with van der Waals surface area (Å²) in [6.45, 7) is 2.54. The van der Waals surface area contributed by atoms with E-state index in [9.17, 15) is 14.4 Å². The number of thiophene rings is 2. The van der Waals surface area contributed by atoms with Gasteiger partial charge in [0, 0.05) is 23.2 Å². The molecule has 1 aliphatic heterocycles. The lowest BCUT2D eigenvalue weighted by molar-refractivity contribution is -0.129. The summed E-state index contributed by atoms with van der Waals surface area (Å²) >= 11 is 2.84. The van der Waals surface area contributed by atoms with Crippen LogP contribution in [0.3, 0.4) is 0 Å². The van der Waals surface area contributed by atoms with Gasteiger partial charge >= 0.3 is 0 Å². The van der Waals surface area contributed by atoms with Crippen molar-refractivity contribution >= 4 is 45.4 Å². The molecule has 3 rings (SSSR count).